The zero-order valence-corrected chi connectivity index (χ0v) is 11.9. The van der Waals surface area contributed by atoms with Gasteiger partial charge in [0.25, 0.3) is 0 Å². The fourth-order valence-corrected chi connectivity index (χ4v) is 2.78. The molecule has 0 aromatic rings. The van der Waals surface area contributed by atoms with E-state index in [0.717, 1.165) is 12.8 Å². The Morgan fingerprint density at radius 2 is 2.16 bits per heavy atom. The molecule has 106 valence electrons. The summed E-state index contributed by atoms with van der Waals surface area (Å²) in [6, 6.07) is -0.346. The van der Waals surface area contributed by atoms with E-state index in [4.69, 9.17) is 0 Å². The molecule has 0 bridgehead atoms. The SMILES string of the molecule is CC(C)C1NC(=O)CN(CCC2=CCCCC2)C1=O. The quantitative estimate of drug-likeness (QED) is 0.788. The van der Waals surface area contributed by atoms with Crippen molar-refractivity contribution in [1.29, 1.82) is 0 Å². The van der Waals surface area contributed by atoms with Crippen LogP contribution in [0.25, 0.3) is 0 Å². The van der Waals surface area contributed by atoms with E-state index in [9.17, 15) is 9.59 Å². The minimum Gasteiger partial charge on any atom is -0.343 e. The van der Waals surface area contributed by atoms with Gasteiger partial charge in [-0.3, -0.25) is 9.59 Å². The number of allylic oxidation sites excluding steroid dienone is 1. The van der Waals surface area contributed by atoms with E-state index in [-0.39, 0.29) is 30.3 Å². The summed E-state index contributed by atoms with van der Waals surface area (Å²) in [5.41, 5.74) is 1.45. The summed E-state index contributed by atoms with van der Waals surface area (Å²) in [4.78, 5) is 25.7. The molecule has 1 aliphatic heterocycles. The van der Waals surface area contributed by atoms with Crippen molar-refractivity contribution in [2.24, 2.45) is 5.92 Å². The fourth-order valence-electron chi connectivity index (χ4n) is 2.78. The lowest BCUT2D eigenvalue weighted by Gasteiger charge is -2.34. The summed E-state index contributed by atoms with van der Waals surface area (Å²) >= 11 is 0. The van der Waals surface area contributed by atoms with Crippen molar-refractivity contribution in [1.82, 2.24) is 10.2 Å². The zero-order valence-electron chi connectivity index (χ0n) is 11.9. The Morgan fingerprint density at radius 1 is 1.37 bits per heavy atom. The third-order valence-corrected chi connectivity index (χ3v) is 3.98. The number of piperazine rings is 1. The predicted octanol–water partition coefficient (Wildman–Crippen LogP) is 1.86. The fraction of sp³-hybridized carbons (Fsp3) is 0.733. The van der Waals surface area contributed by atoms with Crippen LogP contribution in [0.2, 0.25) is 0 Å². The van der Waals surface area contributed by atoms with Gasteiger partial charge in [-0.1, -0.05) is 25.5 Å². The zero-order chi connectivity index (χ0) is 13.8. The van der Waals surface area contributed by atoms with Crippen molar-refractivity contribution in [3.8, 4) is 0 Å². The number of hydrogen-bond acceptors (Lipinski definition) is 2. The topological polar surface area (TPSA) is 49.4 Å². The monoisotopic (exact) mass is 264 g/mol. The molecule has 0 aromatic carbocycles. The molecule has 1 fully saturated rings. The molecular weight excluding hydrogens is 240 g/mol. The summed E-state index contributed by atoms with van der Waals surface area (Å²) in [5.74, 6) is 0.190. The molecule has 1 saturated heterocycles. The minimum absolute atomic E-state index is 0.0316. The number of carbonyl (C=O) groups is 2. The van der Waals surface area contributed by atoms with E-state index >= 15 is 0 Å². The van der Waals surface area contributed by atoms with Gasteiger partial charge >= 0.3 is 0 Å². The highest BCUT2D eigenvalue weighted by Crippen LogP contribution is 2.21. The number of amides is 2. The van der Waals surface area contributed by atoms with Gasteiger partial charge in [0, 0.05) is 6.54 Å². The summed E-state index contributed by atoms with van der Waals surface area (Å²) in [6.45, 7) is 4.84. The van der Waals surface area contributed by atoms with E-state index in [1.807, 2.05) is 13.8 Å². The van der Waals surface area contributed by atoms with Crippen molar-refractivity contribution < 1.29 is 9.59 Å². The second-order valence-electron chi connectivity index (χ2n) is 5.91. The largest absolute Gasteiger partial charge is 0.343 e. The Balaban J connectivity index is 1.92. The first-order valence-corrected chi connectivity index (χ1v) is 7.34. The molecular formula is C15H24N2O2. The number of carbonyl (C=O) groups excluding carboxylic acids is 2. The molecule has 1 atom stereocenters. The Hall–Kier alpha value is -1.32. The second kappa shape index (κ2) is 6.22. The average molecular weight is 264 g/mol. The molecule has 2 aliphatic rings. The molecule has 2 rings (SSSR count). The van der Waals surface area contributed by atoms with Crippen LogP contribution >= 0.6 is 0 Å². The van der Waals surface area contributed by atoms with Crippen molar-refractivity contribution >= 4 is 11.8 Å². The maximum atomic E-state index is 12.3. The van der Waals surface area contributed by atoms with Gasteiger partial charge < -0.3 is 10.2 Å². The lowest BCUT2D eigenvalue weighted by Crippen LogP contribution is -2.59. The Kier molecular flexibility index (Phi) is 4.61. The van der Waals surface area contributed by atoms with Crippen LogP contribution in [0.4, 0.5) is 0 Å². The summed E-state index contributed by atoms with van der Waals surface area (Å²) < 4.78 is 0. The highest BCUT2D eigenvalue weighted by Gasteiger charge is 2.34. The van der Waals surface area contributed by atoms with Crippen molar-refractivity contribution in [2.45, 2.75) is 52.0 Å². The normalized spacial score (nSPS) is 24.5. The molecule has 1 aliphatic carbocycles. The van der Waals surface area contributed by atoms with Crippen molar-refractivity contribution in [3.63, 3.8) is 0 Å². The number of nitrogens with one attached hydrogen (secondary N) is 1. The smallest absolute Gasteiger partial charge is 0.245 e. The van der Waals surface area contributed by atoms with Crippen LogP contribution < -0.4 is 5.32 Å². The van der Waals surface area contributed by atoms with Crippen molar-refractivity contribution in [2.75, 3.05) is 13.1 Å². The van der Waals surface area contributed by atoms with Gasteiger partial charge in [-0.2, -0.15) is 0 Å². The Bertz CT molecular complexity index is 388. The number of hydrogen-bond donors (Lipinski definition) is 1. The van der Waals surface area contributed by atoms with E-state index < -0.39 is 0 Å². The molecule has 0 aromatic heterocycles. The van der Waals surface area contributed by atoms with E-state index in [0.29, 0.717) is 6.54 Å². The molecule has 4 nitrogen and oxygen atoms in total. The van der Waals surface area contributed by atoms with E-state index in [1.165, 1.54) is 24.8 Å². The Labute approximate surface area is 115 Å². The highest BCUT2D eigenvalue weighted by atomic mass is 16.2. The van der Waals surface area contributed by atoms with Crippen LogP contribution in [0, 0.1) is 5.92 Å². The second-order valence-corrected chi connectivity index (χ2v) is 5.91. The van der Waals surface area contributed by atoms with Crippen LogP contribution in [0.1, 0.15) is 46.0 Å². The van der Waals surface area contributed by atoms with Gasteiger partial charge in [0.2, 0.25) is 11.8 Å². The Morgan fingerprint density at radius 3 is 2.79 bits per heavy atom. The predicted molar refractivity (Wildman–Crippen MR) is 74.5 cm³/mol. The van der Waals surface area contributed by atoms with Gasteiger partial charge in [0.1, 0.15) is 6.04 Å². The van der Waals surface area contributed by atoms with Crippen molar-refractivity contribution in [3.05, 3.63) is 11.6 Å². The van der Waals surface area contributed by atoms with E-state index in [2.05, 4.69) is 11.4 Å². The molecule has 0 saturated carbocycles. The minimum atomic E-state index is -0.346. The molecule has 19 heavy (non-hydrogen) atoms. The molecule has 4 heteroatoms. The van der Waals surface area contributed by atoms with E-state index in [1.54, 1.807) is 4.90 Å². The average Bonchev–Trinajstić information content (AvgIpc) is 2.40. The first-order chi connectivity index (χ1) is 9.08. The molecule has 2 amide bonds. The first-order valence-electron chi connectivity index (χ1n) is 7.34. The van der Waals surface area contributed by atoms with Crippen LogP contribution in [0.5, 0.6) is 0 Å². The number of nitrogens with zero attached hydrogens (tertiary/aromatic N) is 1. The summed E-state index contributed by atoms with van der Waals surface area (Å²) in [7, 11) is 0. The van der Waals surface area contributed by atoms with Crippen LogP contribution in [0.3, 0.4) is 0 Å². The maximum Gasteiger partial charge on any atom is 0.245 e. The lowest BCUT2D eigenvalue weighted by atomic mass is 9.96. The summed E-state index contributed by atoms with van der Waals surface area (Å²) in [6.07, 6.45) is 8.08. The standard InChI is InChI=1S/C15H24N2O2/c1-11(2)14-15(19)17(10-13(18)16-14)9-8-12-6-4-3-5-7-12/h6,11,14H,3-5,7-10H2,1-2H3,(H,16,18). The lowest BCUT2D eigenvalue weighted by molar-refractivity contribution is -0.145. The van der Waals surface area contributed by atoms with Crippen LogP contribution in [-0.4, -0.2) is 35.8 Å². The van der Waals surface area contributed by atoms with Gasteiger partial charge in [-0.05, 0) is 38.0 Å². The molecule has 1 N–H and O–H groups in total. The highest BCUT2D eigenvalue weighted by molar-refractivity contribution is 5.94. The maximum absolute atomic E-state index is 12.3. The number of rotatable bonds is 4. The van der Waals surface area contributed by atoms with Gasteiger partial charge in [-0.25, -0.2) is 0 Å². The molecule has 0 spiro atoms. The third kappa shape index (κ3) is 3.58. The van der Waals surface area contributed by atoms with Crippen LogP contribution in [0.15, 0.2) is 11.6 Å². The first kappa shape index (κ1) is 14.1. The summed E-state index contributed by atoms with van der Waals surface area (Å²) in [5, 5.41) is 2.79. The van der Waals surface area contributed by atoms with Gasteiger partial charge in [-0.15, -0.1) is 0 Å². The third-order valence-electron chi connectivity index (χ3n) is 3.98. The van der Waals surface area contributed by atoms with Crippen LogP contribution in [-0.2, 0) is 9.59 Å². The molecule has 1 unspecified atom stereocenters. The van der Waals surface area contributed by atoms with Gasteiger partial charge in [0.05, 0.1) is 6.54 Å². The molecule has 0 radical (unpaired) electrons. The van der Waals surface area contributed by atoms with Gasteiger partial charge in [0.15, 0.2) is 0 Å². The molecule has 1 heterocycles.